The predicted octanol–water partition coefficient (Wildman–Crippen LogP) is 1.61. The van der Waals surface area contributed by atoms with E-state index in [-0.39, 0.29) is 11.7 Å². The van der Waals surface area contributed by atoms with E-state index in [2.05, 4.69) is 30.7 Å². The summed E-state index contributed by atoms with van der Waals surface area (Å²) in [6.45, 7) is 8.64. The molecule has 1 aromatic heterocycles. The fraction of sp³-hybridized carbons (Fsp3) is 0.727. The molecular formula is C11H19N3OS. The fourth-order valence-electron chi connectivity index (χ4n) is 2.13. The lowest BCUT2D eigenvalue weighted by atomic mass is 10.1. The maximum Gasteiger partial charge on any atom is 0.185 e. The van der Waals surface area contributed by atoms with E-state index in [0.29, 0.717) is 6.54 Å². The van der Waals surface area contributed by atoms with Gasteiger partial charge in [0, 0.05) is 25.0 Å². The number of anilines is 1. The molecule has 5 heteroatoms. The van der Waals surface area contributed by atoms with Crippen molar-refractivity contribution < 1.29 is 4.74 Å². The number of hydrogen-bond acceptors (Lipinski definition) is 5. The molecule has 1 unspecified atom stereocenters. The smallest absolute Gasteiger partial charge is 0.185 e. The third-order valence-electron chi connectivity index (χ3n) is 2.59. The van der Waals surface area contributed by atoms with Gasteiger partial charge in [0.25, 0.3) is 0 Å². The summed E-state index contributed by atoms with van der Waals surface area (Å²) in [6, 6.07) is 0. The van der Waals surface area contributed by atoms with Crippen molar-refractivity contribution in [2.45, 2.75) is 39.0 Å². The van der Waals surface area contributed by atoms with Gasteiger partial charge >= 0.3 is 0 Å². The highest BCUT2D eigenvalue weighted by Crippen LogP contribution is 2.28. The van der Waals surface area contributed by atoms with Crippen molar-refractivity contribution in [3.05, 3.63) is 11.1 Å². The minimum Gasteiger partial charge on any atom is -0.369 e. The van der Waals surface area contributed by atoms with Crippen molar-refractivity contribution >= 4 is 16.5 Å². The zero-order chi connectivity index (χ0) is 11.8. The number of hydrogen-bond donors (Lipinski definition) is 1. The van der Waals surface area contributed by atoms with E-state index in [0.717, 1.165) is 23.9 Å². The number of nitrogens with two attached hydrogens (primary N) is 1. The first-order valence-electron chi connectivity index (χ1n) is 5.57. The number of aromatic nitrogens is 1. The molecule has 2 N–H and O–H groups in total. The second-order valence-electron chi connectivity index (χ2n) is 4.89. The lowest BCUT2D eigenvalue weighted by Crippen LogP contribution is -2.52. The molecule has 1 aliphatic heterocycles. The maximum absolute atomic E-state index is 5.87. The Balaban J connectivity index is 2.14. The summed E-state index contributed by atoms with van der Waals surface area (Å²) >= 11 is 1.66. The normalized spacial score (nSPS) is 24.8. The first-order valence-corrected chi connectivity index (χ1v) is 6.45. The molecule has 1 aliphatic rings. The monoisotopic (exact) mass is 241 g/mol. The summed E-state index contributed by atoms with van der Waals surface area (Å²) in [5.41, 5.74) is 6.44. The Morgan fingerprint density at radius 3 is 3.00 bits per heavy atom. The van der Waals surface area contributed by atoms with Gasteiger partial charge in [-0.1, -0.05) is 0 Å². The van der Waals surface area contributed by atoms with Crippen LogP contribution in [0.5, 0.6) is 0 Å². The standard InChI is InChI=1S/C11H19N3OS/c1-8-5-14(7-11(2,3)15-8)10-13-9(4-12)6-16-10/h6,8H,4-5,7,12H2,1-3H3. The molecule has 0 bridgehead atoms. The quantitative estimate of drug-likeness (QED) is 0.854. The average molecular weight is 241 g/mol. The van der Waals surface area contributed by atoms with Crippen molar-refractivity contribution in [1.82, 2.24) is 4.98 Å². The van der Waals surface area contributed by atoms with Crippen LogP contribution in [-0.2, 0) is 11.3 Å². The molecule has 0 radical (unpaired) electrons. The Bertz CT molecular complexity index is 364. The Morgan fingerprint density at radius 1 is 1.69 bits per heavy atom. The lowest BCUT2D eigenvalue weighted by molar-refractivity contribution is -0.0749. The van der Waals surface area contributed by atoms with E-state index < -0.39 is 0 Å². The van der Waals surface area contributed by atoms with Gasteiger partial charge in [-0.05, 0) is 20.8 Å². The topological polar surface area (TPSA) is 51.4 Å². The molecule has 0 spiro atoms. The average Bonchev–Trinajstić information content (AvgIpc) is 2.62. The largest absolute Gasteiger partial charge is 0.369 e. The Labute approximate surface area is 100 Å². The third-order valence-corrected chi connectivity index (χ3v) is 3.54. The number of nitrogens with zero attached hydrogens (tertiary/aromatic N) is 2. The van der Waals surface area contributed by atoms with Crippen LogP contribution in [0.2, 0.25) is 0 Å². The number of morpholine rings is 1. The molecule has 0 saturated carbocycles. The van der Waals surface area contributed by atoms with Gasteiger partial charge in [0.15, 0.2) is 5.13 Å². The second-order valence-corrected chi connectivity index (χ2v) is 5.73. The van der Waals surface area contributed by atoms with Crippen molar-refractivity contribution in [2.24, 2.45) is 5.73 Å². The van der Waals surface area contributed by atoms with Gasteiger partial charge in [0.05, 0.1) is 17.4 Å². The van der Waals surface area contributed by atoms with Crippen molar-refractivity contribution in [3.63, 3.8) is 0 Å². The van der Waals surface area contributed by atoms with Crippen molar-refractivity contribution in [3.8, 4) is 0 Å². The van der Waals surface area contributed by atoms with E-state index in [1.807, 2.05) is 5.38 Å². The molecule has 4 nitrogen and oxygen atoms in total. The van der Waals surface area contributed by atoms with Crippen molar-refractivity contribution in [1.29, 1.82) is 0 Å². The highest BCUT2D eigenvalue weighted by atomic mass is 32.1. The van der Waals surface area contributed by atoms with Crippen LogP contribution in [0, 0.1) is 0 Å². The molecule has 2 rings (SSSR count). The summed E-state index contributed by atoms with van der Waals surface area (Å²) in [6.07, 6.45) is 0.244. The second kappa shape index (κ2) is 4.31. The minimum absolute atomic E-state index is 0.105. The third kappa shape index (κ3) is 2.53. The van der Waals surface area contributed by atoms with Crippen LogP contribution < -0.4 is 10.6 Å². The predicted molar refractivity (Wildman–Crippen MR) is 66.8 cm³/mol. The first-order chi connectivity index (χ1) is 7.50. The molecule has 16 heavy (non-hydrogen) atoms. The van der Waals surface area contributed by atoms with Gasteiger partial charge in [-0.3, -0.25) is 0 Å². The van der Waals surface area contributed by atoms with E-state index >= 15 is 0 Å². The SMILES string of the molecule is CC1CN(c2nc(CN)cs2)CC(C)(C)O1. The first kappa shape index (κ1) is 11.8. The lowest BCUT2D eigenvalue weighted by Gasteiger charge is -2.41. The number of thiazole rings is 1. The molecule has 0 aromatic carbocycles. The van der Waals surface area contributed by atoms with E-state index in [1.165, 1.54) is 0 Å². The number of ether oxygens (including phenoxy) is 1. The molecule has 90 valence electrons. The van der Waals surface area contributed by atoms with Gasteiger partial charge in [-0.2, -0.15) is 0 Å². The molecule has 1 saturated heterocycles. The summed E-state index contributed by atoms with van der Waals surface area (Å²) in [7, 11) is 0. The molecule has 1 fully saturated rings. The van der Waals surface area contributed by atoms with Crippen LogP contribution in [0.4, 0.5) is 5.13 Å². The highest BCUT2D eigenvalue weighted by molar-refractivity contribution is 7.13. The van der Waals surface area contributed by atoms with Crippen LogP contribution in [0.1, 0.15) is 26.5 Å². The summed E-state index contributed by atoms with van der Waals surface area (Å²) in [4.78, 5) is 6.81. The molecule has 1 aromatic rings. The molecule has 0 aliphatic carbocycles. The van der Waals surface area contributed by atoms with Gasteiger partial charge in [0.1, 0.15) is 0 Å². The molecular weight excluding hydrogens is 222 g/mol. The van der Waals surface area contributed by atoms with Crippen LogP contribution in [-0.4, -0.2) is 29.8 Å². The van der Waals surface area contributed by atoms with Crippen LogP contribution in [0.25, 0.3) is 0 Å². The fourth-order valence-corrected chi connectivity index (χ4v) is 2.98. The summed E-state index contributed by atoms with van der Waals surface area (Å²) in [5.74, 6) is 0. The zero-order valence-electron chi connectivity index (χ0n) is 10.1. The van der Waals surface area contributed by atoms with E-state index in [4.69, 9.17) is 10.5 Å². The van der Waals surface area contributed by atoms with Crippen LogP contribution >= 0.6 is 11.3 Å². The molecule has 0 amide bonds. The van der Waals surface area contributed by atoms with Crippen LogP contribution in [0.3, 0.4) is 0 Å². The van der Waals surface area contributed by atoms with Gasteiger partial charge in [0.2, 0.25) is 0 Å². The highest BCUT2D eigenvalue weighted by Gasteiger charge is 2.32. The Morgan fingerprint density at radius 2 is 2.44 bits per heavy atom. The van der Waals surface area contributed by atoms with Crippen molar-refractivity contribution in [2.75, 3.05) is 18.0 Å². The zero-order valence-corrected chi connectivity index (χ0v) is 10.9. The van der Waals surface area contributed by atoms with Gasteiger partial charge in [-0.15, -0.1) is 11.3 Å². The van der Waals surface area contributed by atoms with Gasteiger partial charge < -0.3 is 15.4 Å². The van der Waals surface area contributed by atoms with Crippen LogP contribution in [0.15, 0.2) is 5.38 Å². The molecule has 2 heterocycles. The van der Waals surface area contributed by atoms with E-state index in [9.17, 15) is 0 Å². The number of rotatable bonds is 2. The Hall–Kier alpha value is -0.650. The van der Waals surface area contributed by atoms with Gasteiger partial charge in [-0.25, -0.2) is 4.98 Å². The summed E-state index contributed by atoms with van der Waals surface area (Å²) in [5, 5.41) is 3.09. The van der Waals surface area contributed by atoms with E-state index in [1.54, 1.807) is 11.3 Å². The Kier molecular flexibility index (Phi) is 3.19. The minimum atomic E-state index is -0.105. The molecule has 1 atom stereocenters. The summed E-state index contributed by atoms with van der Waals surface area (Å²) < 4.78 is 5.87. The maximum atomic E-state index is 5.87.